The average Bonchev–Trinajstić information content (AvgIpc) is 2.64. The number of nitrogens with one attached hydrogen (secondary N) is 1. The third-order valence-corrected chi connectivity index (χ3v) is 3.71. The maximum absolute atomic E-state index is 12.3. The molecule has 6 heteroatoms. The fourth-order valence-corrected chi connectivity index (χ4v) is 2.47. The number of carbonyl (C=O) groups is 1. The molecule has 1 heterocycles. The van der Waals surface area contributed by atoms with Crippen molar-refractivity contribution in [1.29, 1.82) is 0 Å². The van der Waals surface area contributed by atoms with E-state index in [0.29, 0.717) is 5.69 Å². The molecule has 0 saturated heterocycles. The zero-order valence-corrected chi connectivity index (χ0v) is 13.3. The first-order chi connectivity index (χ1) is 12.1. The Morgan fingerprint density at radius 1 is 0.960 bits per heavy atom. The van der Waals surface area contributed by atoms with E-state index in [1.54, 1.807) is 30.6 Å². The number of aromatic nitrogens is 1. The topological polar surface area (TPSA) is 85.1 Å². The van der Waals surface area contributed by atoms with Crippen LogP contribution >= 0.6 is 0 Å². The molecule has 0 saturated carbocycles. The summed E-state index contributed by atoms with van der Waals surface area (Å²) in [6, 6.07) is 17.2. The first-order valence-electron chi connectivity index (χ1n) is 7.66. The van der Waals surface area contributed by atoms with E-state index < -0.39 is 10.8 Å². The van der Waals surface area contributed by atoms with Crippen molar-refractivity contribution in [2.45, 2.75) is 6.42 Å². The molecule has 124 valence electrons. The van der Waals surface area contributed by atoms with E-state index in [1.807, 2.05) is 24.3 Å². The van der Waals surface area contributed by atoms with Gasteiger partial charge in [0.05, 0.1) is 4.92 Å². The summed E-state index contributed by atoms with van der Waals surface area (Å²) in [5.74, 6) is -0.505. The highest BCUT2D eigenvalue weighted by Gasteiger charge is 2.19. The lowest BCUT2D eigenvalue weighted by atomic mass is 10.1. The van der Waals surface area contributed by atoms with Crippen LogP contribution < -0.4 is 5.32 Å². The van der Waals surface area contributed by atoms with E-state index in [4.69, 9.17) is 0 Å². The molecule has 0 bridgehead atoms. The van der Waals surface area contributed by atoms with Crippen molar-refractivity contribution < 1.29 is 9.72 Å². The van der Waals surface area contributed by atoms with Gasteiger partial charge in [-0.15, -0.1) is 0 Å². The second-order valence-corrected chi connectivity index (χ2v) is 5.46. The number of nitro groups is 1. The van der Waals surface area contributed by atoms with Crippen LogP contribution in [0.2, 0.25) is 0 Å². The van der Waals surface area contributed by atoms with E-state index in [9.17, 15) is 14.9 Å². The molecule has 0 fully saturated rings. The maximum atomic E-state index is 12.3. The quantitative estimate of drug-likeness (QED) is 0.568. The molecule has 3 rings (SSSR count). The number of anilines is 1. The molecule has 25 heavy (non-hydrogen) atoms. The molecule has 1 amide bonds. The Morgan fingerprint density at radius 3 is 2.28 bits per heavy atom. The number of para-hydroxylation sites is 1. The van der Waals surface area contributed by atoms with Gasteiger partial charge in [-0.1, -0.05) is 24.3 Å². The minimum atomic E-state index is -0.563. The minimum absolute atomic E-state index is 0.0355. The number of pyridine rings is 1. The summed E-state index contributed by atoms with van der Waals surface area (Å²) < 4.78 is 0. The molecule has 1 aromatic heterocycles. The second kappa shape index (κ2) is 7.35. The number of nitro benzene ring substituents is 1. The third-order valence-electron chi connectivity index (χ3n) is 3.71. The van der Waals surface area contributed by atoms with Crippen LogP contribution in [0.5, 0.6) is 0 Å². The molecular formula is C19H15N3O3. The van der Waals surface area contributed by atoms with Gasteiger partial charge in [0.25, 0.3) is 11.6 Å². The predicted octanol–water partition coefficient (Wildman–Crippen LogP) is 3.83. The van der Waals surface area contributed by atoms with Crippen LogP contribution in [0.3, 0.4) is 0 Å². The van der Waals surface area contributed by atoms with Crippen LogP contribution in [0.15, 0.2) is 73.1 Å². The lowest BCUT2D eigenvalue weighted by Crippen LogP contribution is -2.13. The van der Waals surface area contributed by atoms with Crippen LogP contribution in [0, 0.1) is 10.1 Å². The monoisotopic (exact) mass is 333 g/mol. The lowest BCUT2D eigenvalue weighted by molar-refractivity contribution is -0.385. The normalized spacial score (nSPS) is 10.2. The Morgan fingerprint density at radius 2 is 1.60 bits per heavy atom. The van der Waals surface area contributed by atoms with Crippen LogP contribution in [0.25, 0.3) is 0 Å². The summed E-state index contributed by atoms with van der Waals surface area (Å²) in [5.41, 5.74) is 2.64. The summed E-state index contributed by atoms with van der Waals surface area (Å²) in [6.45, 7) is 0. The molecule has 6 nitrogen and oxygen atoms in total. The molecule has 0 spiro atoms. The van der Waals surface area contributed by atoms with E-state index in [0.717, 1.165) is 17.5 Å². The molecule has 0 aliphatic heterocycles. The summed E-state index contributed by atoms with van der Waals surface area (Å²) in [7, 11) is 0. The van der Waals surface area contributed by atoms with Crippen LogP contribution in [-0.4, -0.2) is 15.8 Å². The fourth-order valence-electron chi connectivity index (χ4n) is 2.47. The standard InChI is InChI=1S/C19H15N3O3/c23-19(17-3-1-2-4-18(17)22(24)25)21-16-7-5-14(6-8-16)13-15-9-11-20-12-10-15/h1-12H,13H2,(H,21,23). The Bertz CT molecular complexity index is 893. The largest absolute Gasteiger partial charge is 0.322 e. The third kappa shape index (κ3) is 4.06. The molecule has 2 aromatic carbocycles. The maximum Gasteiger partial charge on any atom is 0.282 e. The van der Waals surface area contributed by atoms with Gasteiger partial charge in [-0.3, -0.25) is 19.9 Å². The molecule has 0 atom stereocenters. The Hall–Kier alpha value is -3.54. The molecule has 0 radical (unpaired) electrons. The van der Waals surface area contributed by atoms with Crippen molar-refractivity contribution in [3.05, 3.63) is 99.9 Å². The fraction of sp³-hybridized carbons (Fsp3) is 0.0526. The van der Waals surface area contributed by atoms with Gasteiger partial charge in [-0.05, 0) is 47.9 Å². The summed E-state index contributed by atoms with van der Waals surface area (Å²) in [4.78, 5) is 26.7. The number of nitrogens with zero attached hydrogens (tertiary/aromatic N) is 2. The number of benzene rings is 2. The Balaban J connectivity index is 1.71. The van der Waals surface area contributed by atoms with E-state index in [1.165, 1.54) is 18.2 Å². The molecule has 0 unspecified atom stereocenters. The molecule has 0 aliphatic carbocycles. The van der Waals surface area contributed by atoms with Crippen LogP contribution in [0.4, 0.5) is 11.4 Å². The summed E-state index contributed by atoms with van der Waals surface area (Å²) in [6.07, 6.45) is 4.26. The lowest BCUT2D eigenvalue weighted by Gasteiger charge is -2.07. The zero-order valence-electron chi connectivity index (χ0n) is 13.3. The van der Waals surface area contributed by atoms with Gasteiger partial charge in [-0.25, -0.2) is 0 Å². The highest BCUT2D eigenvalue weighted by molar-refractivity contribution is 6.07. The van der Waals surface area contributed by atoms with Gasteiger partial charge in [0.2, 0.25) is 0 Å². The van der Waals surface area contributed by atoms with Crippen LogP contribution in [0.1, 0.15) is 21.5 Å². The average molecular weight is 333 g/mol. The minimum Gasteiger partial charge on any atom is -0.322 e. The van der Waals surface area contributed by atoms with Gasteiger partial charge in [-0.2, -0.15) is 0 Å². The number of carbonyl (C=O) groups excluding carboxylic acids is 1. The zero-order chi connectivity index (χ0) is 17.6. The van der Waals surface area contributed by atoms with E-state index in [2.05, 4.69) is 10.3 Å². The first kappa shape index (κ1) is 16.3. The molecule has 0 aliphatic rings. The second-order valence-electron chi connectivity index (χ2n) is 5.46. The van der Waals surface area contributed by atoms with Crippen molar-refractivity contribution in [2.75, 3.05) is 5.32 Å². The summed E-state index contributed by atoms with van der Waals surface area (Å²) >= 11 is 0. The van der Waals surface area contributed by atoms with Crippen molar-refractivity contribution >= 4 is 17.3 Å². The number of amides is 1. The van der Waals surface area contributed by atoms with Crippen molar-refractivity contribution in [3.63, 3.8) is 0 Å². The number of rotatable bonds is 5. The number of hydrogen-bond acceptors (Lipinski definition) is 4. The van der Waals surface area contributed by atoms with Crippen molar-refractivity contribution in [1.82, 2.24) is 4.98 Å². The molecule has 1 N–H and O–H groups in total. The van der Waals surface area contributed by atoms with Gasteiger partial charge in [0.1, 0.15) is 5.56 Å². The highest BCUT2D eigenvalue weighted by Crippen LogP contribution is 2.20. The first-order valence-corrected chi connectivity index (χ1v) is 7.66. The van der Waals surface area contributed by atoms with E-state index >= 15 is 0 Å². The number of hydrogen-bond donors (Lipinski definition) is 1. The molecule has 3 aromatic rings. The van der Waals surface area contributed by atoms with Gasteiger partial charge in [0, 0.05) is 24.1 Å². The smallest absolute Gasteiger partial charge is 0.282 e. The van der Waals surface area contributed by atoms with Gasteiger partial charge < -0.3 is 5.32 Å². The van der Waals surface area contributed by atoms with Gasteiger partial charge >= 0.3 is 0 Å². The molecular weight excluding hydrogens is 318 g/mol. The Kier molecular flexibility index (Phi) is 4.80. The SMILES string of the molecule is O=C(Nc1ccc(Cc2ccncc2)cc1)c1ccccc1[N+](=O)[O-]. The van der Waals surface area contributed by atoms with Crippen molar-refractivity contribution in [3.8, 4) is 0 Å². The predicted molar refractivity (Wildman–Crippen MR) is 94.5 cm³/mol. The Labute approximate surface area is 144 Å². The van der Waals surface area contributed by atoms with Gasteiger partial charge in [0.15, 0.2) is 0 Å². The summed E-state index contributed by atoms with van der Waals surface area (Å²) in [5, 5.41) is 13.7. The van der Waals surface area contributed by atoms with Crippen LogP contribution in [-0.2, 0) is 6.42 Å². The van der Waals surface area contributed by atoms with Crippen molar-refractivity contribution in [2.24, 2.45) is 0 Å². The highest BCUT2D eigenvalue weighted by atomic mass is 16.6. The van der Waals surface area contributed by atoms with E-state index in [-0.39, 0.29) is 11.3 Å².